The molecule has 0 spiro atoms. The van der Waals surface area contributed by atoms with Gasteiger partial charge >= 0.3 is 0 Å². The van der Waals surface area contributed by atoms with Gasteiger partial charge in [-0.25, -0.2) is 0 Å². The van der Waals surface area contributed by atoms with E-state index in [0.29, 0.717) is 4.88 Å². The van der Waals surface area contributed by atoms with Crippen LogP contribution in [0.25, 0.3) is 0 Å². The summed E-state index contributed by atoms with van der Waals surface area (Å²) in [5.41, 5.74) is 0. The Morgan fingerprint density at radius 1 is 1.53 bits per heavy atom. The van der Waals surface area contributed by atoms with Crippen LogP contribution in [0.4, 0.5) is 0 Å². The predicted molar refractivity (Wildman–Crippen MR) is 65.7 cm³/mol. The molecular weight excluding hydrogens is 308 g/mol. The van der Waals surface area contributed by atoms with Crippen molar-refractivity contribution in [3.05, 3.63) is 20.8 Å². The number of nitrogens with zero attached hydrogens (tertiary/aromatic N) is 1. The summed E-state index contributed by atoms with van der Waals surface area (Å²) >= 11 is 4.54. The molecule has 0 bridgehead atoms. The maximum Gasteiger partial charge on any atom is 0.265 e. The zero-order valence-electron chi connectivity index (χ0n) is 8.90. The number of hydrogen-bond acceptors (Lipinski definition) is 4. The molecule has 0 aliphatic carbocycles. The van der Waals surface area contributed by atoms with E-state index in [1.807, 2.05) is 0 Å². The molecule has 1 aliphatic heterocycles. The Hall–Kier alpha value is -1.21. The summed E-state index contributed by atoms with van der Waals surface area (Å²) in [6, 6.07) is 2.80. The average Bonchev–Trinajstić information content (AvgIpc) is 2.69. The lowest BCUT2D eigenvalue weighted by Gasteiger charge is -2.31. The van der Waals surface area contributed by atoms with Gasteiger partial charge in [-0.3, -0.25) is 19.7 Å². The monoisotopic (exact) mass is 316 g/mol. The number of imide groups is 1. The maximum absolute atomic E-state index is 12.1. The van der Waals surface area contributed by atoms with E-state index in [1.54, 1.807) is 19.1 Å². The maximum atomic E-state index is 12.1. The van der Waals surface area contributed by atoms with Crippen LogP contribution in [0.5, 0.6) is 0 Å². The fourth-order valence-electron chi connectivity index (χ4n) is 1.53. The quantitative estimate of drug-likeness (QED) is 0.786. The zero-order chi connectivity index (χ0) is 12.6. The molecule has 1 fully saturated rings. The number of amides is 3. The average molecular weight is 317 g/mol. The number of thiophene rings is 1. The van der Waals surface area contributed by atoms with Crippen molar-refractivity contribution in [2.45, 2.75) is 13.0 Å². The largest absolute Gasteiger partial charge is 0.317 e. The third kappa shape index (κ3) is 2.39. The molecule has 2 heterocycles. The molecule has 2 rings (SSSR count). The third-order valence-corrected chi connectivity index (χ3v) is 4.08. The smallest absolute Gasteiger partial charge is 0.265 e. The van der Waals surface area contributed by atoms with Crippen LogP contribution in [0.3, 0.4) is 0 Å². The van der Waals surface area contributed by atoms with Gasteiger partial charge in [-0.2, -0.15) is 0 Å². The second-order valence-corrected chi connectivity index (χ2v) is 6.09. The van der Waals surface area contributed by atoms with Crippen LogP contribution >= 0.6 is 27.3 Å². The highest BCUT2D eigenvalue weighted by molar-refractivity contribution is 9.11. The van der Waals surface area contributed by atoms with E-state index >= 15 is 0 Å². The number of hydrogen-bond donors (Lipinski definition) is 1. The summed E-state index contributed by atoms with van der Waals surface area (Å²) in [5.74, 6) is -1.18. The number of carbonyl (C=O) groups is 3. The van der Waals surface area contributed by atoms with Gasteiger partial charge in [-0.15, -0.1) is 11.3 Å². The third-order valence-electron chi connectivity index (χ3n) is 2.47. The highest BCUT2D eigenvalue weighted by Gasteiger charge is 2.34. The molecule has 1 saturated heterocycles. The molecule has 0 aromatic carbocycles. The molecule has 90 valence electrons. The predicted octanol–water partition coefficient (Wildman–Crippen LogP) is 0.998. The first-order valence-electron chi connectivity index (χ1n) is 4.89. The van der Waals surface area contributed by atoms with E-state index in [2.05, 4.69) is 21.2 Å². The highest BCUT2D eigenvalue weighted by Crippen LogP contribution is 2.24. The Balaban J connectivity index is 2.24. The van der Waals surface area contributed by atoms with Crippen molar-refractivity contribution in [3.63, 3.8) is 0 Å². The lowest BCUT2D eigenvalue weighted by atomic mass is 10.2. The molecule has 0 saturated carbocycles. The standard InChI is InChI=1S/C10H9BrN2O3S/c1-5-9(15)12-8(14)4-13(5)10(16)6-2-3-7(11)17-6/h2-3,5H,4H2,1H3,(H,12,14,15). The SMILES string of the molecule is CC1C(=O)NC(=O)CN1C(=O)c1ccc(Br)s1. The van der Waals surface area contributed by atoms with Gasteiger partial charge in [0, 0.05) is 0 Å². The lowest BCUT2D eigenvalue weighted by molar-refractivity contribution is -0.138. The van der Waals surface area contributed by atoms with Crippen molar-refractivity contribution in [1.29, 1.82) is 0 Å². The van der Waals surface area contributed by atoms with Crippen LogP contribution < -0.4 is 5.32 Å². The van der Waals surface area contributed by atoms with E-state index < -0.39 is 17.9 Å². The van der Waals surface area contributed by atoms with Gasteiger partial charge in [-0.1, -0.05) is 0 Å². The molecule has 1 aromatic heterocycles. The van der Waals surface area contributed by atoms with Crippen LogP contribution in [-0.4, -0.2) is 35.2 Å². The van der Waals surface area contributed by atoms with Crippen molar-refractivity contribution in [3.8, 4) is 0 Å². The molecule has 1 atom stereocenters. The van der Waals surface area contributed by atoms with E-state index in [9.17, 15) is 14.4 Å². The minimum Gasteiger partial charge on any atom is -0.317 e. The second-order valence-electron chi connectivity index (χ2n) is 3.63. The number of nitrogens with one attached hydrogen (secondary N) is 1. The minimum absolute atomic E-state index is 0.0821. The van der Waals surface area contributed by atoms with Gasteiger partial charge in [-0.05, 0) is 35.0 Å². The highest BCUT2D eigenvalue weighted by atomic mass is 79.9. The molecule has 1 unspecified atom stereocenters. The number of carbonyl (C=O) groups excluding carboxylic acids is 3. The Labute approximate surface area is 110 Å². The summed E-state index contributed by atoms with van der Waals surface area (Å²) in [4.78, 5) is 36.5. The van der Waals surface area contributed by atoms with Crippen LogP contribution in [0.1, 0.15) is 16.6 Å². The minimum atomic E-state index is -0.624. The Kier molecular flexibility index (Phi) is 3.30. The van der Waals surface area contributed by atoms with Gasteiger partial charge in [0.2, 0.25) is 11.8 Å². The Bertz CT molecular complexity index is 499. The van der Waals surface area contributed by atoms with Crippen molar-refractivity contribution < 1.29 is 14.4 Å². The van der Waals surface area contributed by atoms with Crippen molar-refractivity contribution in [2.75, 3.05) is 6.54 Å². The first-order valence-corrected chi connectivity index (χ1v) is 6.50. The number of piperazine rings is 1. The Morgan fingerprint density at radius 3 is 2.82 bits per heavy atom. The summed E-state index contributed by atoms with van der Waals surface area (Å²) in [6.45, 7) is 1.52. The molecular formula is C10H9BrN2O3S. The van der Waals surface area contributed by atoms with E-state index in [-0.39, 0.29) is 12.5 Å². The van der Waals surface area contributed by atoms with Gasteiger partial charge in [0.05, 0.1) is 8.66 Å². The molecule has 3 amide bonds. The van der Waals surface area contributed by atoms with Gasteiger partial charge in [0.1, 0.15) is 12.6 Å². The van der Waals surface area contributed by atoms with Crippen LogP contribution in [0, 0.1) is 0 Å². The molecule has 1 aromatic rings. The lowest BCUT2D eigenvalue weighted by Crippen LogP contribution is -2.58. The fourth-order valence-corrected chi connectivity index (χ4v) is 2.88. The van der Waals surface area contributed by atoms with Crippen LogP contribution in [0.2, 0.25) is 0 Å². The molecule has 7 heteroatoms. The molecule has 5 nitrogen and oxygen atoms in total. The molecule has 1 aliphatic rings. The Morgan fingerprint density at radius 2 is 2.24 bits per heavy atom. The molecule has 17 heavy (non-hydrogen) atoms. The van der Waals surface area contributed by atoms with Gasteiger partial charge in [0.15, 0.2) is 0 Å². The molecule has 0 radical (unpaired) electrons. The van der Waals surface area contributed by atoms with Crippen molar-refractivity contribution in [2.24, 2.45) is 0 Å². The van der Waals surface area contributed by atoms with E-state index in [0.717, 1.165) is 3.79 Å². The first kappa shape index (κ1) is 12.3. The normalized spacial score (nSPS) is 20.4. The number of halogens is 1. The summed E-state index contributed by atoms with van der Waals surface area (Å²) < 4.78 is 0.835. The van der Waals surface area contributed by atoms with Crippen molar-refractivity contribution in [1.82, 2.24) is 10.2 Å². The van der Waals surface area contributed by atoms with Crippen LogP contribution in [0.15, 0.2) is 15.9 Å². The summed E-state index contributed by atoms with van der Waals surface area (Å²) in [5, 5.41) is 2.19. The van der Waals surface area contributed by atoms with E-state index in [4.69, 9.17) is 0 Å². The summed E-state index contributed by atoms with van der Waals surface area (Å²) in [6.07, 6.45) is 0. The second kappa shape index (κ2) is 4.58. The van der Waals surface area contributed by atoms with E-state index in [1.165, 1.54) is 16.2 Å². The van der Waals surface area contributed by atoms with Gasteiger partial charge in [0.25, 0.3) is 5.91 Å². The zero-order valence-corrected chi connectivity index (χ0v) is 11.3. The number of rotatable bonds is 1. The first-order chi connectivity index (χ1) is 7.99. The fraction of sp³-hybridized carbons (Fsp3) is 0.300. The van der Waals surface area contributed by atoms with Gasteiger partial charge < -0.3 is 4.90 Å². The summed E-state index contributed by atoms with van der Waals surface area (Å²) in [7, 11) is 0. The van der Waals surface area contributed by atoms with Crippen molar-refractivity contribution >= 4 is 45.0 Å². The van der Waals surface area contributed by atoms with Crippen LogP contribution in [-0.2, 0) is 9.59 Å². The topological polar surface area (TPSA) is 66.5 Å². The molecule has 1 N–H and O–H groups in total.